The number of nitrogens with one attached hydrogen (secondary N) is 1. The Hall–Kier alpha value is -0.240. The van der Waals surface area contributed by atoms with Gasteiger partial charge in [-0.15, -0.1) is 0 Å². The molecule has 1 N–H and O–H groups in total. The van der Waals surface area contributed by atoms with E-state index in [1.165, 1.54) is 12.0 Å². The lowest BCUT2D eigenvalue weighted by atomic mass is 9.98. The minimum Gasteiger partial charge on any atom is -0.310 e. The molecule has 0 bridgehead atoms. The van der Waals surface area contributed by atoms with Gasteiger partial charge in [0.2, 0.25) is 0 Å². The molecule has 1 aliphatic heterocycles. The highest BCUT2D eigenvalue weighted by atomic mass is 35.5. The van der Waals surface area contributed by atoms with E-state index in [0.29, 0.717) is 16.1 Å². The molecule has 0 spiro atoms. The summed E-state index contributed by atoms with van der Waals surface area (Å²) in [4.78, 5) is 0. The first kappa shape index (κ1) is 8.36. The molecule has 1 aromatic carbocycles. The molecule has 0 amide bonds. The highest BCUT2D eigenvalue weighted by Crippen LogP contribution is 2.29. The lowest BCUT2D eigenvalue weighted by Crippen LogP contribution is -2.34. The smallest absolute Gasteiger partial charge is 0.0595 e. The molecule has 0 radical (unpaired) electrons. The molecular formula is C9H9Cl2N. The summed E-state index contributed by atoms with van der Waals surface area (Å²) in [6.07, 6.45) is 1.19. The van der Waals surface area contributed by atoms with Gasteiger partial charge in [0, 0.05) is 6.04 Å². The Morgan fingerprint density at radius 2 is 2.00 bits per heavy atom. The molecule has 1 fully saturated rings. The van der Waals surface area contributed by atoms with Gasteiger partial charge in [0.05, 0.1) is 10.0 Å². The summed E-state index contributed by atoms with van der Waals surface area (Å²) in [5.74, 6) is 0. The second-order valence-electron chi connectivity index (χ2n) is 2.97. The Morgan fingerprint density at radius 1 is 1.25 bits per heavy atom. The Bertz CT molecular complexity index is 295. The van der Waals surface area contributed by atoms with E-state index in [9.17, 15) is 0 Å². The van der Waals surface area contributed by atoms with Crippen molar-refractivity contribution in [1.82, 2.24) is 5.32 Å². The fraction of sp³-hybridized carbons (Fsp3) is 0.333. The van der Waals surface area contributed by atoms with Gasteiger partial charge in [-0.1, -0.05) is 29.3 Å². The van der Waals surface area contributed by atoms with Crippen molar-refractivity contribution in [3.63, 3.8) is 0 Å². The van der Waals surface area contributed by atoms with Crippen molar-refractivity contribution in [2.24, 2.45) is 0 Å². The van der Waals surface area contributed by atoms with Crippen LogP contribution < -0.4 is 5.32 Å². The van der Waals surface area contributed by atoms with E-state index in [1.54, 1.807) is 0 Å². The molecule has 1 nitrogen and oxygen atoms in total. The van der Waals surface area contributed by atoms with Crippen molar-refractivity contribution >= 4 is 23.2 Å². The van der Waals surface area contributed by atoms with Gasteiger partial charge in [0.25, 0.3) is 0 Å². The first-order valence-corrected chi connectivity index (χ1v) is 4.71. The van der Waals surface area contributed by atoms with E-state index < -0.39 is 0 Å². The largest absolute Gasteiger partial charge is 0.310 e. The zero-order chi connectivity index (χ0) is 8.55. The van der Waals surface area contributed by atoms with Gasteiger partial charge in [0.15, 0.2) is 0 Å². The summed E-state index contributed by atoms with van der Waals surface area (Å²) >= 11 is 11.7. The van der Waals surface area contributed by atoms with Crippen LogP contribution in [0.2, 0.25) is 10.0 Å². The van der Waals surface area contributed by atoms with Crippen LogP contribution in [0.5, 0.6) is 0 Å². The summed E-state index contributed by atoms with van der Waals surface area (Å²) in [7, 11) is 0. The Balaban J connectivity index is 2.27. The van der Waals surface area contributed by atoms with Crippen molar-refractivity contribution in [3.8, 4) is 0 Å². The van der Waals surface area contributed by atoms with E-state index in [2.05, 4.69) is 5.32 Å². The van der Waals surface area contributed by atoms with Crippen LogP contribution in [0.15, 0.2) is 18.2 Å². The standard InChI is InChI=1S/C9H9Cl2N/c10-7-2-1-6(5-8(7)11)9-3-4-12-9/h1-2,5,9,12H,3-4H2/t9-/m1/s1. The van der Waals surface area contributed by atoms with E-state index >= 15 is 0 Å². The average molecular weight is 202 g/mol. The molecule has 3 heteroatoms. The fourth-order valence-corrected chi connectivity index (χ4v) is 1.61. The lowest BCUT2D eigenvalue weighted by molar-refractivity contribution is 0.383. The zero-order valence-corrected chi connectivity index (χ0v) is 7.99. The third-order valence-corrected chi connectivity index (χ3v) is 2.91. The highest BCUT2D eigenvalue weighted by Gasteiger charge is 2.18. The van der Waals surface area contributed by atoms with E-state index in [1.807, 2.05) is 18.2 Å². The van der Waals surface area contributed by atoms with E-state index in [-0.39, 0.29) is 0 Å². The summed E-state index contributed by atoms with van der Waals surface area (Å²) < 4.78 is 0. The van der Waals surface area contributed by atoms with Crippen molar-refractivity contribution in [2.45, 2.75) is 12.5 Å². The molecule has 0 unspecified atom stereocenters. The van der Waals surface area contributed by atoms with Crippen LogP contribution in [0.1, 0.15) is 18.0 Å². The molecule has 1 aliphatic rings. The minimum absolute atomic E-state index is 0.486. The molecular weight excluding hydrogens is 193 g/mol. The minimum atomic E-state index is 0.486. The van der Waals surface area contributed by atoms with Crippen LogP contribution in [-0.2, 0) is 0 Å². The van der Waals surface area contributed by atoms with E-state index in [0.717, 1.165) is 6.54 Å². The van der Waals surface area contributed by atoms with Gasteiger partial charge in [-0.2, -0.15) is 0 Å². The fourth-order valence-electron chi connectivity index (χ4n) is 1.30. The van der Waals surface area contributed by atoms with Gasteiger partial charge < -0.3 is 5.32 Å². The number of halogens is 2. The van der Waals surface area contributed by atoms with Crippen LogP contribution in [0.3, 0.4) is 0 Å². The first-order chi connectivity index (χ1) is 5.77. The second kappa shape index (κ2) is 3.25. The number of benzene rings is 1. The van der Waals surface area contributed by atoms with Crippen molar-refractivity contribution < 1.29 is 0 Å². The van der Waals surface area contributed by atoms with Crippen LogP contribution >= 0.6 is 23.2 Å². The van der Waals surface area contributed by atoms with Crippen LogP contribution in [-0.4, -0.2) is 6.54 Å². The second-order valence-corrected chi connectivity index (χ2v) is 3.78. The van der Waals surface area contributed by atoms with Gasteiger partial charge in [0.1, 0.15) is 0 Å². The molecule has 0 aliphatic carbocycles. The van der Waals surface area contributed by atoms with Crippen molar-refractivity contribution in [1.29, 1.82) is 0 Å². The Labute approximate surface area is 81.7 Å². The average Bonchev–Trinajstić information content (AvgIpc) is 1.93. The Kier molecular flexibility index (Phi) is 2.26. The Morgan fingerprint density at radius 3 is 2.50 bits per heavy atom. The van der Waals surface area contributed by atoms with E-state index in [4.69, 9.17) is 23.2 Å². The maximum atomic E-state index is 5.88. The maximum absolute atomic E-state index is 5.88. The molecule has 0 aromatic heterocycles. The monoisotopic (exact) mass is 201 g/mol. The predicted molar refractivity (Wildman–Crippen MR) is 51.8 cm³/mol. The predicted octanol–water partition coefficient (Wildman–Crippen LogP) is 3.03. The summed E-state index contributed by atoms with van der Waals surface area (Å²) in [5.41, 5.74) is 1.23. The molecule has 64 valence electrons. The normalized spacial score (nSPS) is 22.0. The maximum Gasteiger partial charge on any atom is 0.0595 e. The van der Waals surface area contributed by atoms with Gasteiger partial charge in [-0.25, -0.2) is 0 Å². The summed E-state index contributed by atoms with van der Waals surface area (Å²) in [6, 6.07) is 6.28. The number of rotatable bonds is 1. The quantitative estimate of drug-likeness (QED) is 0.737. The molecule has 12 heavy (non-hydrogen) atoms. The van der Waals surface area contributed by atoms with Gasteiger partial charge in [-0.3, -0.25) is 0 Å². The van der Waals surface area contributed by atoms with Gasteiger partial charge in [-0.05, 0) is 30.7 Å². The van der Waals surface area contributed by atoms with Crippen LogP contribution in [0.4, 0.5) is 0 Å². The summed E-state index contributed by atoms with van der Waals surface area (Å²) in [6.45, 7) is 1.10. The van der Waals surface area contributed by atoms with Gasteiger partial charge >= 0.3 is 0 Å². The molecule has 1 aromatic rings. The van der Waals surface area contributed by atoms with Crippen LogP contribution in [0, 0.1) is 0 Å². The molecule has 0 saturated carbocycles. The molecule has 1 atom stereocenters. The molecule has 2 rings (SSSR count). The summed E-state index contributed by atoms with van der Waals surface area (Å²) in [5, 5.41) is 4.57. The number of hydrogen-bond donors (Lipinski definition) is 1. The molecule has 1 saturated heterocycles. The molecule has 1 heterocycles. The number of hydrogen-bond acceptors (Lipinski definition) is 1. The van der Waals surface area contributed by atoms with Crippen LogP contribution in [0.25, 0.3) is 0 Å². The SMILES string of the molecule is Clc1ccc([C@H]2CCN2)cc1Cl. The third-order valence-electron chi connectivity index (χ3n) is 2.17. The van der Waals surface area contributed by atoms with Crippen molar-refractivity contribution in [2.75, 3.05) is 6.54 Å². The first-order valence-electron chi connectivity index (χ1n) is 3.96. The lowest BCUT2D eigenvalue weighted by Gasteiger charge is -2.28. The van der Waals surface area contributed by atoms with Crippen molar-refractivity contribution in [3.05, 3.63) is 33.8 Å². The topological polar surface area (TPSA) is 12.0 Å². The highest BCUT2D eigenvalue weighted by molar-refractivity contribution is 6.42. The zero-order valence-electron chi connectivity index (χ0n) is 6.48. The third kappa shape index (κ3) is 1.45.